The van der Waals surface area contributed by atoms with E-state index in [1.165, 1.54) is 0 Å². The van der Waals surface area contributed by atoms with Crippen LogP contribution >= 0.6 is 0 Å². The van der Waals surface area contributed by atoms with E-state index in [4.69, 9.17) is 0 Å². The molecular formula is C17H18O3. The van der Waals surface area contributed by atoms with Crippen molar-refractivity contribution in [3.05, 3.63) is 53.6 Å². The molecule has 0 atom stereocenters. The molecule has 0 aliphatic carbocycles. The van der Waals surface area contributed by atoms with E-state index in [0.29, 0.717) is 5.56 Å². The van der Waals surface area contributed by atoms with Gasteiger partial charge in [0.1, 0.15) is 11.3 Å². The van der Waals surface area contributed by atoms with Crippen molar-refractivity contribution in [2.45, 2.75) is 26.2 Å². The number of benzene rings is 2. The second-order valence-electron chi connectivity index (χ2n) is 5.84. The number of carboxylic acid groups (broad SMARTS) is 1. The van der Waals surface area contributed by atoms with Gasteiger partial charge >= 0.3 is 5.97 Å². The van der Waals surface area contributed by atoms with Gasteiger partial charge in [-0.15, -0.1) is 0 Å². The van der Waals surface area contributed by atoms with Crippen LogP contribution in [0.2, 0.25) is 0 Å². The topological polar surface area (TPSA) is 57.5 Å². The first-order valence-electron chi connectivity index (χ1n) is 6.47. The summed E-state index contributed by atoms with van der Waals surface area (Å²) >= 11 is 0. The molecule has 0 aliphatic rings. The van der Waals surface area contributed by atoms with Crippen LogP contribution in [0.3, 0.4) is 0 Å². The highest BCUT2D eigenvalue weighted by molar-refractivity contribution is 5.94. The second-order valence-corrected chi connectivity index (χ2v) is 5.84. The Kier molecular flexibility index (Phi) is 3.53. The van der Waals surface area contributed by atoms with Gasteiger partial charge in [0.2, 0.25) is 0 Å². The molecule has 3 heteroatoms. The molecule has 104 valence electrons. The van der Waals surface area contributed by atoms with Gasteiger partial charge in [-0.25, -0.2) is 4.79 Å². The van der Waals surface area contributed by atoms with Gasteiger partial charge in [-0.2, -0.15) is 0 Å². The average Bonchev–Trinajstić information content (AvgIpc) is 2.38. The van der Waals surface area contributed by atoms with Crippen molar-refractivity contribution in [3.63, 3.8) is 0 Å². The van der Waals surface area contributed by atoms with E-state index < -0.39 is 5.97 Å². The van der Waals surface area contributed by atoms with Gasteiger partial charge < -0.3 is 10.2 Å². The van der Waals surface area contributed by atoms with Crippen LogP contribution in [0.5, 0.6) is 5.75 Å². The lowest BCUT2D eigenvalue weighted by Gasteiger charge is -2.21. The fourth-order valence-electron chi connectivity index (χ4n) is 2.07. The summed E-state index contributed by atoms with van der Waals surface area (Å²) in [5.41, 5.74) is 1.98. The van der Waals surface area contributed by atoms with Gasteiger partial charge in [0.15, 0.2) is 0 Å². The van der Waals surface area contributed by atoms with Crippen molar-refractivity contribution < 1.29 is 15.0 Å². The van der Waals surface area contributed by atoms with Gasteiger partial charge in [0.05, 0.1) is 0 Å². The first-order chi connectivity index (χ1) is 9.30. The van der Waals surface area contributed by atoms with Crippen LogP contribution in [0.1, 0.15) is 36.7 Å². The van der Waals surface area contributed by atoms with Crippen molar-refractivity contribution in [3.8, 4) is 16.9 Å². The molecule has 0 saturated heterocycles. The second kappa shape index (κ2) is 5.00. The van der Waals surface area contributed by atoms with Crippen LogP contribution in [0.15, 0.2) is 42.5 Å². The lowest BCUT2D eigenvalue weighted by atomic mass is 9.83. The number of aromatic carboxylic acids is 1. The van der Waals surface area contributed by atoms with Gasteiger partial charge in [-0.05, 0) is 28.7 Å². The Balaban J connectivity index is 2.74. The fraction of sp³-hybridized carbons (Fsp3) is 0.235. The third kappa shape index (κ3) is 2.67. The van der Waals surface area contributed by atoms with Crippen molar-refractivity contribution in [2.75, 3.05) is 0 Å². The molecule has 2 aromatic rings. The zero-order chi connectivity index (χ0) is 14.9. The number of carboxylic acids is 1. The van der Waals surface area contributed by atoms with Crippen LogP contribution in [0.25, 0.3) is 11.1 Å². The third-order valence-corrected chi connectivity index (χ3v) is 3.29. The van der Waals surface area contributed by atoms with Gasteiger partial charge in [-0.1, -0.05) is 51.1 Å². The Morgan fingerprint density at radius 2 is 1.65 bits per heavy atom. The number of hydrogen-bond acceptors (Lipinski definition) is 2. The zero-order valence-electron chi connectivity index (χ0n) is 11.8. The molecule has 0 fully saturated rings. The van der Waals surface area contributed by atoms with Crippen molar-refractivity contribution in [2.24, 2.45) is 0 Å². The predicted octanol–water partition coefficient (Wildman–Crippen LogP) is 4.05. The minimum absolute atomic E-state index is 0.0590. The number of hydrogen-bond donors (Lipinski definition) is 2. The van der Waals surface area contributed by atoms with E-state index in [1.54, 1.807) is 6.07 Å². The number of aromatic hydroxyl groups is 1. The van der Waals surface area contributed by atoms with Crippen molar-refractivity contribution in [1.82, 2.24) is 0 Å². The summed E-state index contributed by atoms with van der Waals surface area (Å²) in [6.45, 7) is 6.04. The van der Waals surface area contributed by atoms with Gasteiger partial charge in [-0.3, -0.25) is 0 Å². The normalized spacial score (nSPS) is 11.3. The molecule has 0 spiro atoms. The molecule has 2 N–H and O–H groups in total. The molecule has 0 bridgehead atoms. The molecule has 0 unspecified atom stereocenters. The lowest BCUT2D eigenvalue weighted by Crippen LogP contribution is -2.13. The molecule has 0 heterocycles. The van der Waals surface area contributed by atoms with E-state index in [9.17, 15) is 15.0 Å². The average molecular weight is 270 g/mol. The van der Waals surface area contributed by atoms with Crippen LogP contribution in [0, 0.1) is 0 Å². The smallest absolute Gasteiger partial charge is 0.339 e. The first kappa shape index (κ1) is 14.1. The molecule has 2 rings (SSSR count). The molecule has 0 radical (unpaired) electrons. The molecule has 0 saturated carbocycles. The van der Waals surface area contributed by atoms with E-state index in [1.807, 2.05) is 57.2 Å². The minimum Gasteiger partial charge on any atom is -0.506 e. The minimum atomic E-state index is -1.12. The van der Waals surface area contributed by atoms with E-state index >= 15 is 0 Å². The highest BCUT2D eigenvalue weighted by atomic mass is 16.4. The maximum atomic E-state index is 11.3. The molecule has 2 aromatic carbocycles. The summed E-state index contributed by atoms with van der Waals surface area (Å²) in [5, 5.41) is 19.5. The zero-order valence-corrected chi connectivity index (χ0v) is 11.8. The maximum Gasteiger partial charge on any atom is 0.339 e. The number of carbonyl (C=O) groups is 1. The molecular weight excluding hydrogens is 252 g/mol. The predicted molar refractivity (Wildman–Crippen MR) is 79.2 cm³/mol. The Labute approximate surface area is 118 Å². The molecule has 20 heavy (non-hydrogen) atoms. The van der Waals surface area contributed by atoms with Gasteiger partial charge in [0, 0.05) is 5.56 Å². The first-order valence-corrected chi connectivity index (χ1v) is 6.47. The summed E-state index contributed by atoms with van der Waals surface area (Å²) < 4.78 is 0. The number of rotatable bonds is 2. The highest BCUT2D eigenvalue weighted by Crippen LogP contribution is 2.37. The summed E-state index contributed by atoms with van der Waals surface area (Å²) in [6.07, 6.45) is 0. The fourth-order valence-corrected chi connectivity index (χ4v) is 2.07. The van der Waals surface area contributed by atoms with E-state index in [0.717, 1.165) is 11.1 Å². The largest absolute Gasteiger partial charge is 0.506 e. The Morgan fingerprint density at radius 1 is 1.05 bits per heavy atom. The lowest BCUT2D eigenvalue weighted by molar-refractivity contribution is 0.0693. The van der Waals surface area contributed by atoms with Crippen LogP contribution in [-0.2, 0) is 5.41 Å². The summed E-state index contributed by atoms with van der Waals surface area (Å²) in [4.78, 5) is 11.3. The van der Waals surface area contributed by atoms with E-state index in [-0.39, 0.29) is 16.7 Å². The van der Waals surface area contributed by atoms with Gasteiger partial charge in [0.25, 0.3) is 0 Å². The SMILES string of the molecule is CC(C)(C)c1cc(C(=O)O)c(O)c(-c2ccccc2)c1. The summed E-state index contributed by atoms with van der Waals surface area (Å²) in [5.74, 6) is -1.30. The van der Waals surface area contributed by atoms with E-state index in [2.05, 4.69) is 0 Å². The van der Waals surface area contributed by atoms with Crippen LogP contribution in [0.4, 0.5) is 0 Å². The molecule has 3 nitrogen and oxygen atoms in total. The van der Waals surface area contributed by atoms with Crippen molar-refractivity contribution in [1.29, 1.82) is 0 Å². The Hall–Kier alpha value is -2.29. The van der Waals surface area contributed by atoms with Crippen molar-refractivity contribution >= 4 is 5.97 Å². The molecule has 0 aromatic heterocycles. The molecule has 0 amide bonds. The maximum absolute atomic E-state index is 11.3. The summed E-state index contributed by atoms with van der Waals surface area (Å²) in [7, 11) is 0. The Bertz CT molecular complexity index is 637. The van der Waals surface area contributed by atoms with Crippen LogP contribution < -0.4 is 0 Å². The summed E-state index contributed by atoms with van der Waals surface area (Å²) in [6, 6.07) is 12.7. The Morgan fingerprint density at radius 3 is 2.15 bits per heavy atom. The standard InChI is InChI=1S/C17H18O3/c1-17(2,3)12-9-13(11-7-5-4-6-8-11)15(18)14(10-12)16(19)20/h4-10,18H,1-3H3,(H,19,20). The number of phenols is 1. The van der Waals surface area contributed by atoms with Crippen LogP contribution in [-0.4, -0.2) is 16.2 Å². The third-order valence-electron chi connectivity index (χ3n) is 3.29. The quantitative estimate of drug-likeness (QED) is 0.865. The molecule has 0 aliphatic heterocycles. The monoisotopic (exact) mass is 270 g/mol. The highest BCUT2D eigenvalue weighted by Gasteiger charge is 2.22.